The molecule has 0 N–H and O–H groups in total. The van der Waals surface area contributed by atoms with Crippen molar-refractivity contribution in [3.63, 3.8) is 0 Å². The minimum Gasteiger partial charge on any atom is -0.490 e. The van der Waals surface area contributed by atoms with Crippen LogP contribution in [0.1, 0.15) is 34.9 Å². The second kappa shape index (κ2) is 7.05. The predicted molar refractivity (Wildman–Crippen MR) is 79.1 cm³/mol. The smallest absolute Gasteiger partial charge is 0.169 e. The second-order valence-electron chi connectivity index (χ2n) is 4.11. The summed E-state index contributed by atoms with van der Waals surface area (Å²) in [5.74, 6) is 1.50. The summed E-state index contributed by atoms with van der Waals surface area (Å²) in [7, 11) is 0. The molecule has 0 aliphatic heterocycles. The third kappa shape index (κ3) is 3.57. The Kier molecular flexibility index (Phi) is 5.12. The van der Waals surface area contributed by atoms with E-state index in [0.717, 1.165) is 28.4 Å². The number of benzene rings is 1. The van der Waals surface area contributed by atoms with E-state index in [9.17, 15) is 4.79 Å². The van der Waals surface area contributed by atoms with Gasteiger partial charge in [-0.15, -0.1) is 11.3 Å². The molecule has 1 heterocycles. The molecule has 0 bridgehead atoms. The number of nitrogens with zero attached hydrogens (tertiary/aromatic N) is 1. The highest BCUT2D eigenvalue weighted by molar-refractivity contribution is 7.09. The molecule has 4 nitrogen and oxygen atoms in total. The molecule has 0 atom stereocenters. The van der Waals surface area contributed by atoms with Gasteiger partial charge in [0.05, 0.1) is 18.2 Å². The van der Waals surface area contributed by atoms with Gasteiger partial charge in [-0.25, -0.2) is 4.98 Å². The Bertz CT molecular complexity index is 580. The van der Waals surface area contributed by atoms with Crippen molar-refractivity contribution in [3.8, 4) is 11.5 Å². The highest BCUT2D eigenvalue weighted by Crippen LogP contribution is 2.29. The van der Waals surface area contributed by atoms with E-state index in [1.54, 1.807) is 5.38 Å². The van der Waals surface area contributed by atoms with Gasteiger partial charge in [-0.2, -0.15) is 0 Å². The molecule has 2 aromatic rings. The topological polar surface area (TPSA) is 48.4 Å². The number of ether oxygens (including phenoxy) is 2. The average Bonchev–Trinajstić information content (AvgIpc) is 2.90. The molecule has 0 radical (unpaired) electrons. The van der Waals surface area contributed by atoms with Gasteiger partial charge in [0.15, 0.2) is 17.8 Å². The molecule has 0 fully saturated rings. The molecule has 0 spiro atoms. The fourth-order valence-electron chi connectivity index (χ4n) is 1.84. The average molecular weight is 291 g/mol. The maximum absolute atomic E-state index is 10.6. The van der Waals surface area contributed by atoms with Crippen LogP contribution in [0, 0.1) is 0 Å². The Morgan fingerprint density at radius 3 is 2.60 bits per heavy atom. The lowest BCUT2D eigenvalue weighted by atomic mass is 10.1. The van der Waals surface area contributed by atoms with Crippen LogP contribution >= 0.6 is 11.3 Å². The minimum absolute atomic E-state index is 0.487. The zero-order valence-electron chi connectivity index (χ0n) is 11.6. The van der Waals surface area contributed by atoms with Gasteiger partial charge in [0.25, 0.3) is 0 Å². The normalized spacial score (nSPS) is 10.3. The van der Waals surface area contributed by atoms with Gasteiger partial charge in [-0.1, -0.05) is 6.07 Å². The minimum atomic E-state index is 0.487. The fourth-order valence-corrected chi connectivity index (χ4v) is 2.61. The van der Waals surface area contributed by atoms with Crippen molar-refractivity contribution in [3.05, 3.63) is 39.8 Å². The Labute approximate surface area is 122 Å². The van der Waals surface area contributed by atoms with Crippen LogP contribution in [0.25, 0.3) is 0 Å². The summed E-state index contributed by atoms with van der Waals surface area (Å²) in [4.78, 5) is 14.9. The van der Waals surface area contributed by atoms with Crippen LogP contribution in [0.3, 0.4) is 0 Å². The predicted octanol–water partition coefficient (Wildman–Crippen LogP) is 3.34. The molecule has 1 aromatic heterocycles. The molecule has 20 heavy (non-hydrogen) atoms. The molecule has 5 heteroatoms. The molecule has 0 saturated heterocycles. The Hall–Kier alpha value is -1.88. The van der Waals surface area contributed by atoms with Crippen molar-refractivity contribution < 1.29 is 14.3 Å². The quantitative estimate of drug-likeness (QED) is 0.734. The first-order chi connectivity index (χ1) is 9.76. The van der Waals surface area contributed by atoms with Crippen molar-refractivity contribution in [2.24, 2.45) is 0 Å². The molecule has 0 unspecified atom stereocenters. The summed E-state index contributed by atoms with van der Waals surface area (Å²) in [6.45, 7) is 5.09. The number of rotatable bonds is 7. The van der Waals surface area contributed by atoms with Gasteiger partial charge in [0, 0.05) is 11.8 Å². The molecule has 0 aliphatic carbocycles. The van der Waals surface area contributed by atoms with E-state index in [-0.39, 0.29) is 0 Å². The number of carbonyl (C=O) groups excluding carboxylic acids is 1. The number of thiazole rings is 1. The van der Waals surface area contributed by atoms with Gasteiger partial charge in [-0.3, -0.25) is 4.79 Å². The van der Waals surface area contributed by atoms with E-state index >= 15 is 0 Å². The van der Waals surface area contributed by atoms with E-state index < -0.39 is 0 Å². The molecule has 106 valence electrons. The molecule has 2 rings (SSSR count). The molecule has 1 aromatic carbocycles. The van der Waals surface area contributed by atoms with Crippen LogP contribution in [0.2, 0.25) is 0 Å². The van der Waals surface area contributed by atoms with E-state index in [1.807, 2.05) is 32.0 Å². The summed E-state index contributed by atoms with van der Waals surface area (Å²) in [6, 6.07) is 5.88. The number of carbonyl (C=O) groups is 1. The van der Waals surface area contributed by atoms with Gasteiger partial charge in [-0.05, 0) is 31.5 Å². The fraction of sp³-hybridized carbons (Fsp3) is 0.333. The summed E-state index contributed by atoms with van der Waals surface area (Å²) < 4.78 is 11.1. The third-order valence-corrected chi connectivity index (χ3v) is 3.52. The largest absolute Gasteiger partial charge is 0.490 e. The summed E-state index contributed by atoms with van der Waals surface area (Å²) in [5.41, 5.74) is 1.57. The van der Waals surface area contributed by atoms with Crippen LogP contribution in [0.4, 0.5) is 0 Å². The highest BCUT2D eigenvalue weighted by Gasteiger charge is 2.08. The Morgan fingerprint density at radius 1 is 1.20 bits per heavy atom. The lowest BCUT2D eigenvalue weighted by Gasteiger charge is -2.12. The van der Waals surface area contributed by atoms with Crippen molar-refractivity contribution in [2.75, 3.05) is 13.2 Å². The lowest BCUT2D eigenvalue weighted by Crippen LogP contribution is -1.99. The molecule has 0 aliphatic rings. The second-order valence-corrected chi connectivity index (χ2v) is 5.05. The Morgan fingerprint density at radius 2 is 1.95 bits per heavy atom. The standard InChI is InChI=1S/C15H17NO3S/c1-3-18-13-6-5-11(7-14(13)19-4-2)8-15-16-12(9-17)10-20-15/h5-7,9-10H,3-4,8H2,1-2H3. The third-order valence-electron chi connectivity index (χ3n) is 2.65. The Balaban J connectivity index is 2.19. The van der Waals surface area contributed by atoms with E-state index in [4.69, 9.17) is 9.47 Å². The van der Waals surface area contributed by atoms with Crippen LogP contribution < -0.4 is 9.47 Å². The van der Waals surface area contributed by atoms with Crippen molar-refractivity contribution in [1.82, 2.24) is 4.98 Å². The first kappa shape index (κ1) is 14.5. The van der Waals surface area contributed by atoms with Crippen LogP contribution in [-0.4, -0.2) is 24.5 Å². The maximum Gasteiger partial charge on any atom is 0.169 e. The summed E-state index contributed by atoms with van der Waals surface area (Å²) >= 11 is 1.49. The van der Waals surface area contributed by atoms with Crippen molar-refractivity contribution in [1.29, 1.82) is 0 Å². The first-order valence-corrected chi connectivity index (χ1v) is 7.42. The maximum atomic E-state index is 10.6. The SMILES string of the molecule is CCOc1ccc(Cc2nc(C=O)cs2)cc1OCC. The molecular formula is C15H17NO3S. The van der Waals surface area contributed by atoms with E-state index in [1.165, 1.54) is 11.3 Å². The number of hydrogen-bond acceptors (Lipinski definition) is 5. The summed E-state index contributed by atoms with van der Waals surface area (Å²) in [5, 5.41) is 2.68. The molecular weight excluding hydrogens is 274 g/mol. The van der Waals surface area contributed by atoms with Gasteiger partial charge >= 0.3 is 0 Å². The van der Waals surface area contributed by atoms with Gasteiger partial charge in [0.2, 0.25) is 0 Å². The van der Waals surface area contributed by atoms with Crippen molar-refractivity contribution in [2.45, 2.75) is 20.3 Å². The monoisotopic (exact) mass is 291 g/mol. The van der Waals surface area contributed by atoms with Crippen LogP contribution in [-0.2, 0) is 6.42 Å². The zero-order chi connectivity index (χ0) is 14.4. The molecule has 0 amide bonds. The van der Waals surface area contributed by atoms with Gasteiger partial charge in [0.1, 0.15) is 5.69 Å². The van der Waals surface area contributed by atoms with Crippen molar-refractivity contribution >= 4 is 17.6 Å². The highest BCUT2D eigenvalue weighted by atomic mass is 32.1. The van der Waals surface area contributed by atoms with Crippen LogP contribution in [0.5, 0.6) is 11.5 Å². The van der Waals surface area contributed by atoms with Crippen LogP contribution in [0.15, 0.2) is 23.6 Å². The first-order valence-electron chi connectivity index (χ1n) is 6.55. The summed E-state index contributed by atoms with van der Waals surface area (Å²) in [6.07, 6.45) is 1.45. The number of aromatic nitrogens is 1. The lowest BCUT2D eigenvalue weighted by molar-refractivity contribution is 0.111. The van der Waals surface area contributed by atoms with Gasteiger partial charge < -0.3 is 9.47 Å². The number of aldehydes is 1. The number of hydrogen-bond donors (Lipinski definition) is 0. The van der Waals surface area contributed by atoms with E-state index in [0.29, 0.717) is 25.3 Å². The molecule has 0 saturated carbocycles. The zero-order valence-corrected chi connectivity index (χ0v) is 12.4. The van der Waals surface area contributed by atoms with E-state index in [2.05, 4.69) is 4.98 Å².